The molecule has 0 aromatic carbocycles. The molecule has 21 heavy (non-hydrogen) atoms. The Morgan fingerprint density at radius 2 is 2.00 bits per heavy atom. The van der Waals surface area contributed by atoms with Crippen molar-refractivity contribution in [3.63, 3.8) is 0 Å². The first-order valence-corrected chi connectivity index (χ1v) is 9.77. The van der Waals surface area contributed by atoms with Gasteiger partial charge in [-0.25, -0.2) is 0 Å². The highest BCUT2D eigenvalue weighted by molar-refractivity contribution is 7.99. The quantitative estimate of drug-likeness (QED) is 0.810. The molecule has 1 amide bonds. The fraction of sp³-hybridized carbons (Fsp3) is 0.938. The topological polar surface area (TPSA) is 44.4 Å². The molecule has 1 atom stereocenters. The smallest absolute Gasteiger partial charge is 0.221 e. The van der Waals surface area contributed by atoms with E-state index >= 15 is 0 Å². The molecular formula is C16H29N3OS. The molecule has 0 aromatic rings. The number of nitrogens with one attached hydrogen (secondary N) is 2. The zero-order valence-electron chi connectivity index (χ0n) is 13.0. The normalized spacial score (nSPS) is 29.6. The van der Waals surface area contributed by atoms with E-state index < -0.39 is 0 Å². The fourth-order valence-corrected chi connectivity index (χ4v) is 5.07. The molecule has 0 aromatic heterocycles. The van der Waals surface area contributed by atoms with Gasteiger partial charge in [-0.05, 0) is 32.2 Å². The summed E-state index contributed by atoms with van der Waals surface area (Å²) in [5.74, 6) is 2.75. The molecule has 3 fully saturated rings. The van der Waals surface area contributed by atoms with Crippen molar-refractivity contribution in [3.8, 4) is 0 Å². The summed E-state index contributed by atoms with van der Waals surface area (Å²) in [4.78, 5) is 14.9. The summed E-state index contributed by atoms with van der Waals surface area (Å²) >= 11 is 2.06. The summed E-state index contributed by atoms with van der Waals surface area (Å²) in [6.07, 6.45) is 8.20. The van der Waals surface area contributed by atoms with Crippen LogP contribution in [0.15, 0.2) is 0 Å². The Kier molecular flexibility index (Phi) is 5.46. The van der Waals surface area contributed by atoms with Crippen LogP contribution in [0.4, 0.5) is 0 Å². The maximum absolute atomic E-state index is 12.2. The second-order valence-corrected chi connectivity index (χ2v) is 8.03. The second kappa shape index (κ2) is 7.34. The van der Waals surface area contributed by atoms with E-state index in [4.69, 9.17) is 0 Å². The van der Waals surface area contributed by atoms with Gasteiger partial charge < -0.3 is 10.6 Å². The highest BCUT2D eigenvalue weighted by Crippen LogP contribution is 2.36. The second-order valence-electron chi connectivity index (χ2n) is 6.80. The van der Waals surface area contributed by atoms with Crippen molar-refractivity contribution < 1.29 is 4.79 Å². The molecule has 120 valence electrons. The molecule has 2 saturated heterocycles. The van der Waals surface area contributed by atoms with Gasteiger partial charge >= 0.3 is 0 Å². The molecule has 2 heterocycles. The van der Waals surface area contributed by atoms with Crippen LogP contribution in [0.2, 0.25) is 0 Å². The zero-order valence-corrected chi connectivity index (χ0v) is 13.8. The van der Waals surface area contributed by atoms with E-state index in [0.717, 1.165) is 19.5 Å². The lowest BCUT2D eigenvalue weighted by atomic mass is 9.94. The molecule has 1 aliphatic carbocycles. The maximum Gasteiger partial charge on any atom is 0.221 e. The lowest BCUT2D eigenvalue weighted by Crippen LogP contribution is -2.56. The van der Waals surface area contributed by atoms with Crippen LogP contribution >= 0.6 is 11.8 Å². The number of thioether (sulfide) groups is 1. The average Bonchev–Trinajstić information content (AvgIpc) is 3.18. The van der Waals surface area contributed by atoms with Crippen molar-refractivity contribution >= 4 is 17.7 Å². The number of nitrogens with zero attached hydrogens (tertiary/aromatic N) is 1. The van der Waals surface area contributed by atoms with Crippen LogP contribution in [0, 0.1) is 0 Å². The summed E-state index contributed by atoms with van der Waals surface area (Å²) in [6.45, 7) is 4.34. The van der Waals surface area contributed by atoms with Crippen molar-refractivity contribution in [3.05, 3.63) is 0 Å². The predicted molar refractivity (Wildman–Crippen MR) is 88.7 cm³/mol. The highest BCUT2D eigenvalue weighted by atomic mass is 32.2. The number of hydrogen-bond donors (Lipinski definition) is 2. The number of rotatable bonds is 5. The predicted octanol–water partition coefficient (Wildman–Crippen LogP) is 1.61. The summed E-state index contributed by atoms with van der Waals surface area (Å²) < 4.78 is 0. The Labute approximate surface area is 132 Å². The first-order valence-electron chi connectivity index (χ1n) is 8.61. The van der Waals surface area contributed by atoms with Crippen molar-refractivity contribution in [2.24, 2.45) is 0 Å². The van der Waals surface area contributed by atoms with Crippen molar-refractivity contribution in [1.82, 2.24) is 15.5 Å². The van der Waals surface area contributed by atoms with Gasteiger partial charge in [-0.1, -0.05) is 12.8 Å². The monoisotopic (exact) mass is 311 g/mol. The third-order valence-corrected chi connectivity index (χ3v) is 6.37. The lowest BCUT2D eigenvalue weighted by Gasteiger charge is -2.43. The van der Waals surface area contributed by atoms with Crippen LogP contribution in [-0.2, 0) is 4.79 Å². The molecule has 0 bridgehead atoms. The van der Waals surface area contributed by atoms with E-state index in [-0.39, 0.29) is 11.4 Å². The molecule has 2 N–H and O–H groups in total. The van der Waals surface area contributed by atoms with Gasteiger partial charge in [0.1, 0.15) is 0 Å². The minimum Gasteiger partial charge on any atom is -0.354 e. The Balaban J connectivity index is 1.51. The summed E-state index contributed by atoms with van der Waals surface area (Å²) in [7, 11) is 0. The Hall–Kier alpha value is -0.260. The molecule has 0 spiro atoms. The molecule has 4 nitrogen and oxygen atoms in total. The highest BCUT2D eigenvalue weighted by Gasteiger charge is 2.40. The van der Waals surface area contributed by atoms with E-state index in [0.29, 0.717) is 12.5 Å². The zero-order chi connectivity index (χ0) is 14.5. The minimum absolute atomic E-state index is 0.243. The molecule has 3 rings (SSSR count). The molecule has 2 aliphatic heterocycles. The van der Waals surface area contributed by atoms with Crippen LogP contribution in [0.25, 0.3) is 0 Å². The fourth-order valence-electron chi connectivity index (χ4n) is 4.17. The van der Waals surface area contributed by atoms with Gasteiger partial charge in [-0.15, -0.1) is 0 Å². The third kappa shape index (κ3) is 3.93. The van der Waals surface area contributed by atoms with Crippen LogP contribution < -0.4 is 10.6 Å². The average molecular weight is 311 g/mol. The van der Waals surface area contributed by atoms with E-state index in [9.17, 15) is 4.79 Å². The first-order chi connectivity index (χ1) is 10.3. The summed E-state index contributed by atoms with van der Waals surface area (Å²) in [5.41, 5.74) is 0.264. The lowest BCUT2D eigenvalue weighted by molar-refractivity contribution is -0.122. The van der Waals surface area contributed by atoms with Crippen LogP contribution in [0.5, 0.6) is 0 Å². The van der Waals surface area contributed by atoms with Crippen molar-refractivity contribution in [1.29, 1.82) is 0 Å². The van der Waals surface area contributed by atoms with Crippen molar-refractivity contribution in [2.75, 3.05) is 37.7 Å². The molecule has 1 saturated carbocycles. The van der Waals surface area contributed by atoms with Gasteiger partial charge in [0.15, 0.2) is 0 Å². The van der Waals surface area contributed by atoms with E-state index in [2.05, 4.69) is 27.3 Å². The third-order valence-electron chi connectivity index (χ3n) is 5.42. The van der Waals surface area contributed by atoms with Gasteiger partial charge in [0.25, 0.3) is 0 Å². The SMILES string of the molecule is O=C(CC1CCCN1)NCC1(N2CCSCC2)CCCC1. The van der Waals surface area contributed by atoms with Gasteiger partial charge in [0.05, 0.1) is 0 Å². The van der Waals surface area contributed by atoms with Gasteiger partial charge in [-0.3, -0.25) is 9.69 Å². The van der Waals surface area contributed by atoms with Gasteiger partial charge in [-0.2, -0.15) is 11.8 Å². The van der Waals surface area contributed by atoms with E-state index in [1.165, 1.54) is 56.7 Å². The Bertz CT molecular complexity index is 345. The number of carbonyl (C=O) groups is 1. The van der Waals surface area contributed by atoms with Crippen LogP contribution in [-0.4, -0.2) is 60.1 Å². The van der Waals surface area contributed by atoms with Gasteiger partial charge in [0, 0.05) is 49.1 Å². The Morgan fingerprint density at radius 1 is 1.24 bits per heavy atom. The minimum atomic E-state index is 0.243. The number of carbonyl (C=O) groups excluding carboxylic acids is 1. The molecule has 5 heteroatoms. The van der Waals surface area contributed by atoms with Gasteiger partial charge in [0.2, 0.25) is 5.91 Å². The molecular weight excluding hydrogens is 282 g/mol. The maximum atomic E-state index is 12.2. The van der Waals surface area contributed by atoms with E-state index in [1.807, 2.05) is 0 Å². The molecule has 1 unspecified atom stereocenters. The largest absolute Gasteiger partial charge is 0.354 e. The first kappa shape index (κ1) is 15.6. The summed E-state index contributed by atoms with van der Waals surface area (Å²) in [5, 5.41) is 6.68. The molecule has 3 aliphatic rings. The molecule has 0 radical (unpaired) electrons. The number of hydrogen-bond acceptors (Lipinski definition) is 4. The Morgan fingerprint density at radius 3 is 2.67 bits per heavy atom. The van der Waals surface area contributed by atoms with Crippen LogP contribution in [0.3, 0.4) is 0 Å². The van der Waals surface area contributed by atoms with Crippen LogP contribution in [0.1, 0.15) is 44.9 Å². The van der Waals surface area contributed by atoms with Crippen molar-refractivity contribution in [2.45, 2.75) is 56.5 Å². The van der Waals surface area contributed by atoms with E-state index in [1.54, 1.807) is 0 Å². The number of amides is 1. The summed E-state index contributed by atoms with van der Waals surface area (Å²) in [6, 6.07) is 0.413. The standard InChI is InChI=1S/C16H29N3OS/c20-15(12-14-4-3-7-17-14)18-13-16(5-1-2-6-16)19-8-10-21-11-9-19/h14,17H,1-13H2,(H,18,20).